The molecule has 4 aromatic heterocycles. The van der Waals surface area contributed by atoms with Crippen LogP contribution in [0.25, 0.3) is 104 Å². The molecular weight excluding hydrogens is 629 g/mol. The molecular formula is C45H26N4S. The summed E-state index contributed by atoms with van der Waals surface area (Å²) in [6.45, 7) is 0. The molecule has 7 aromatic carbocycles. The Bertz CT molecular complexity index is 3030. The van der Waals surface area contributed by atoms with Gasteiger partial charge in [-0.05, 0) is 29.3 Å². The van der Waals surface area contributed by atoms with Crippen molar-refractivity contribution in [1.82, 2.24) is 19.4 Å². The molecule has 4 nitrogen and oxygen atoms in total. The topological polar surface area (TPSA) is 43.1 Å². The van der Waals surface area contributed by atoms with E-state index in [-0.39, 0.29) is 0 Å². The molecule has 0 aliphatic heterocycles. The van der Waals surface area contributed by atoms with Gasteiger partial charge in [-0.25, -0.2) is 15.0 Å². The molecule has 11 rings (SSSR count). The third-order valence-electron chi connectivity index (χ3n) is 9.98. The van der Waals surface area contributed by atoms with E-state index in [1.807, 2.05) is 72.0 Å². The van der Waals surface area contributed by atoms with Crippen LogP contribution in [0.5, 0.6) is 0 Å². The number of nitrogens with zero attached hydrogens (tertiary/aromatic N) is 4. The van der Waals surface area contributed by atoms with Gasteiger partial charge in [0.05, 0.1) is 16.6 Å². The summed E-state index contributed by atoms with van der Waals surface area (Å²) in [5, 5.41) is 7.81. The summed E-state index contributed by atoms with van der Waals surface area (Å²) in [4.78, 5) is 14.9. The Morgan fingerprint density at radius 3 is 1.70 bits per heavy atom. The second-order valence-corrected chi connectivity index (χ2v) is 13.8. The van der Waals surface area contributed by atoms with Gasteiger partial charge in [0.2, 0.25) is 0 Å². The second kappa shape index (κ2) is 10.5. The van der Waals surface area contributed by atoms with Crippen molar-refractivity contribution in [2.45, 2.75) is 0 Å². The summed E-state index contributed by atoms with van der Waals surface area (Å²) in [7, 11) is 0. The molecule has 5 heteroatoms. The van der Waals surface area contributed by atoms with Crippen molar-refractivity contribution in [3.8, 4) is 45.3 Å². The summed E-state index contributed by atoms with van der Waals surface area (Å²) >= 11 is 1.87. The van der Waals surface area contributed by atoms with Gasteiger partial charge in [-0.2, -0.15) is 0 Å². The zero-order valence-electron chi connectivity index (χ0n) is 26.7. The minimum Gasteiger partial charge on any atom is -0.307 e. The molecule has 11 aromatic rings. The summed E-state index contributed by atoms with van der Waals surface area (Å²) in [6, 6.07) is 55.8. The molecule has 0 bridgehead atoms. The van der Waals surface area contributed by atoms with Crippen LogP contribution < -0.4 is 0 Å². The molecule has 0 spiro atoms. The minimum atomic E-state index is 0.655. The highest BCUT2D eigenvalue weighted by Crippen LogP contribution is 2.47. The summed E-state index contributed by atoms with van der Waals surface area (Å²) < 4.78 is 5.08. The average Bonchev–Trinajstić information content (AvgIpc) is 3.85. The van der Waals surface area contributed by atoms with Crippen molar-refractivity contribution in [2.75, 3.05) is 0 Å². The van der Waals surface area contributed by atoms with E-state index in [0.717, 1.165) is 22.3 Å². The van der Waals surface area contributed by atoms with Crippen molar-refractivity contribution in [3.05, 3.63) is 158 Å². The fraction of sp³-hybridized carbons (Fsp3) is 0. The molecule has 4 heterocycles. The Hall–Kier alpha value is -6.43. The van der Waals surface area contributed by atoms with Gasteiger partial charge in [0, 0.05) is 58.4 Å². The summed E-state index contributed by atoms with van der Waals surface area (Å²) in [5.74, 6) is 1.98. The largest absolute Gasteiger partial charge is 0.307 e. The van der Waals surface area contributed by atoms with E-state index in [1.54, 1.807) is 0 Å². The molecule has 232 valence electrons. The Kier molecular flexibility index (Phi) is 5.80. The lowest BCUT2D eigenvalue weighted by Crippen LogP contribution is -2.00. The molecule has 0 fully saturated rings. The first kappa shape index (κ1) is 27.5. The van der Waals surface area contributed by atoms with E-state index < -0.39 is 0 Å². The monoisotopic (exact) mass is 654 g/mol. The van der Waals surface area contributed by atoms with Crippen LogP contribution in [0.2, 0.25) is 0 Å². The quantitative estimate of drug-likeness (QED) is 0.190. The standard InChI is InChI=1S/C45H26N4S/c1-3-12-27(13-4-1)43-46-44(28-14-5-2-6-15-28)48-45(47-43)30-17-9-16-29(26-30)31-19-10-22-36-39-38(50-42(31)36)25-24-35-34-21-11-20-33-32-18-7-8-23-37(32)49(40(33)34)41(35)39/h1-26H. The predicted octanol–water partition coefficient (Wildman–Crippen LogP) is 12.1. The Morgan fingerprint density at radius 1 is 0.400 bits per heavy atom. The van der Waals surface area contributed by atoms with Gasteiger partial charge >= 0.3 is 0 Å². The molecule has 0 radical (unpaired) electrons. The Morgan fingerprint density at radius 2 is 0.940 bits per heavy atom. The highest BCUT2D eigenvalue weighted by molar-refractivity contribution is 7.26. The van der Waals surface area contributed by atoms with Crippen LogP contribution in [0.1, 0.15) is 0 Å². The van der Waals surface area contributed by atoms with E-state index in [4.69, 9.17) is 15.0 Å². The van der Waals surface area contributed by atoms with Gasteiger partial charge in [-0.1, -0.05) is 140 Å². The number of hydrogen-bond acceptors (Lipinski definition) is 4. The molecule has 0 unspecified atom stereocenters. The lowest BCUT2D eigenvalue weighted by atomic mass is 9.99. The predicted molar refractivity (Wildman–Crippen MR) is 209 cm³/mol. The van der Waals surface area contributed by atoms with Crippen molar-refractivity contribution in [1.29, 1.82) is 0 Å². The maximum Gasteiger partial charge on any atom is 0.164 e. The molecule has 50 heavy (non-hydrogen) atoms. The van der Waals surface area contributed by atoms with E-state index in [0.29, 0.717) is 17.5 Å². The third-order valence-corrected chi connectivity index (χ3v) is 11.2. The van der Waals surface area contributed by atoms with Gasteiger partial charge in [0.15, 0.2) is 17.5 Å². The second-order valence-electron chi connectivity index (χ2n) is 12.8. The number of hydrogen-bond donors (Lipinski definition) is 0. The number of para-hydroxylation sites is 2. The van der Waals surface area contributed by atoms with Crippen LogP contribution in [0, 0.1) is 0 Å². The SMILES string of the molecule is c1ccc(-c2nc(-c3ccccc3)nc(-c3cccc(-c4cccc5c4sc4ccc6c7cccc8c9ccccc9n(c87)c6c45)c3)n2)cc1. The van der Waals surface area contributed by atoms with Crippen LogP contribution in [0.4, 0.5) is 0 Å². The maximum atomic E-state index is 5.01. The van der Waals surface area contributed by atoms with Crippen LogP contribution in [0.15, 0.2) is 158 Å². The van der Waals surface area contributed by atoms with Crippen molar-refractivity contribution < 1.29 is 0 Å². The molecule has 0 saturated heterocycles. The van der Waals surface area contributed by atoms with E-state index >= 15 is 0 Å². The molecule has 0 amide bonds. The van der Waals surface area contributed by atoms with Crippen molar-refractivity contribution in [2.24, 2.45) is 0 Å². The maximum absolute atomic E-state index is 5.01. The molecule has 0 N–H and O–H groups in total. The first-order valence-electron chi connectivity index (χ1n) is 16.8. The molecule has 0 atom stereocenters. The third kappa shape index (κ3) is 3.95. The van der Waals surface area contributed by atoms with Crippen LogP contribution in [0.3, 0.4) is 0 Å². The van der Waals surface area contributed by atoms with Crippen LogP contribution in [-0.2, 0) is 0 Å². The van der Waals surface area contributed by atoms with Gasteiger partial charge in [-0.3, -0.25) is 0 Å². The highest BCUT2D eigenvalue weighted by atomic mass is 32.1. The average molecular weight is 655 g/mol. The number of benzene rings is 7. The fourth-order valence-corrected chi connectivity index (χ4v) is 9.02. The Labute approximate surface area is 290 Å². The van der Waals surface area contributed by atoms with Gasteiger partial charge in [0.1, 0.15) is 0 Å². The van der Waals surface area contributed by atoms with Crippen LogP contribution >= 0.6 is 11.3 Å². The molecule has 0 aliphatic carbocycles. The Balaban J connectivity index is 1.13. The van der Waals surface area contributed by atoms with Crippen LogP contribution in [-0.4, -0.2) is 19.4 Å². The first-order chi connectivity index (χ1) is 24.8. The number of aromatic nitrogens is 4. The van der Waals surface area contributed by atoms with Crippen molar-refractivity contribution in [3.63, 3.8) is 0 Å². The minimum absolute atomic E-state index is 0.655. The van der Waals surface area contributed by atoms with E-state index in [9.17, 15) is 0 Å². The fourth-order valence-electron chi connectivity index (χ4n) is 7.78. The van der Waals surface area contributed by atoms with Gasteiger partial charge in [-0.15, -0.1) is 11.3 Å². The highest BCUT2D eigenvalue weighted by Gasteiger charge is 2.21. The van der Waals surface area contributed by atoms with Gasteiger partial charge < -0.3 is 4.40 Å². The first-order valence-corrected chi connectivity index (χ1v) is 17.6. The normalized spacial score (nSPS) is 12.0. The zero-order chi connectivity index (χ0) is 32.8. The molecule has 0 aliphatic rings. The molecule has 0 saturated carbocycles. The van der Waals surface area contributed by atoms with Crippen molar-refractivity contribution >= 4 is 69.6 Å². The summed E-state index contributed by atoms with van der Waals surface area (Å²) in [5.41, 5.74) is 9.07. The smallest absolute Gasteiger partial charge is 0.164 e. The number of fused-ring (bicyclic) bond motifs is 10. The number of rotatable bonds is 4. The lowest BCUT2D eigenvalue weighted by Gasteiger charge is -2.10. The summed E-state index contributed by atoms with van der Waals surface area (Å²) in [6.07, 6.45) is 0. The van der Waals surface area contributed by atoms with E-state index in [1.165, 1.54) is 63.8 Å². The van der Waals surface area contributed by atoms with E-state index in [2.05, 4.69) is 101 Å². The number of thiophene rings is 1. The lowest BCUT2D eigenvalue weighted by molar-refractivity contribution is 1.07. The van der Waals surface area contributed by atoms with Gasteiger partial charge in [0.25, 0.3) is 0 Å². The zero-order valence-corrected chi connectivity index (χ0v) is 27.5.